The van der Waals surface area contributed by atoms with Gasteiger partial charge in [0.15, 0.2) is 5.96 Å². The van der Waals surface area contributed by atoms with Crippen molar-refractivity contribution in [2.45, 2.75) is 32.4 Å². The Hall–Kier alpha value is -2.80. The molecule has 0 heterocycles. The van der Waals surface area contributed by atoms with Crippen LogP contribution in [0.25, 0.3) is 0 Å². The van der Waals surface area contributed by atoms with Crippen molar-refractivity contribution in [2.75, 3.05) is 7.05 Å². The van der Waals surface area contributed by atoms with Crippen LogP contribution in [0, 0.1) is 11.3 Å². The van der Waals surface area contributed by atoms with Crippen LogP contribution in [-0.2, 0) is 6.54 Å². The van der Waals surface area contributed by atoms with Gasteiger partial charge in [0.05, 0.1) is 11.6 Å². The minimum absolute atomic E-state index is 0.240. The van der Waals surface area contributed by atoms with Crippen LogP contribution in [0.1, 0.15) is 36.5 Å². The van der Waals surface area contributed by atoms with Crippen molar-refractivity contribution in [3.05, 3.63) is 71.3 Å². The van der Waals surface area contributed by atoms with Gasteiger partial charge in [-0.05, 0) is 30.2 Å². The average molecular weight is 320 g/mol. The molecule has 4 nitrogen and oxygen atoms in total. The lowest BCUT2D eigenvalue weighted by molar-refractivity contribution is 0.550. The van der Waals surface area contributed by atoms with Crippen molar-refractivity contribution >= 4 is 5.96 Å². The van der Waals surface area contributed by atoms with Crippen LogP contribution in [-0.4, -0.2) is 19.0 Å². The van der Waals surface area contributed by atoms with E-state index in [1.165, 1.54) is 5.56 Å². The second-order valence-electron chi connectivity index (χ2n) is 5.87. The highest BCUT2D eigenvalue weighted by molar-refractivity contribution is 5.80. The molecular formula is C20H24N4. The molecule has 2 aromatic rings. The fraction of sp³-hybridized carbons (Fsp3) is 0.300. The number of nitrogens with one attached hydrogen (secondary N) is 2. The first-order valence-electron chi connectivity index (χ1n) is 8.15. The molecule has 0 aliphatic heterocycles. The Morgan fingerprint density at radius 1 is 1.12 bits per heavy atom. The standard InChI is InChI=1S/C20H24N4/c1-15(19-10-5-4-6-11-19)16(2)24-20(22-3)23-14-18-9-7-8-17(12-18)13-21/h4-12,15-16H,14H2,1-3H3,(H2,22,23,24). The van der Waals surface area contributed by atoms with Crippen molar-refractivity contribution in [1.82, 2.24) is 10.6 Å². The van der Waals surface area contributed by atoms with Gasteiger partial charge in [-0.15, -0.1) is 0 Å². The fourth-order valence-electron chi connectivity index (χ4n) is 2.52. The Balaban J connectivity index is 1.93. The first-order chi connectivity index (χ1) is 11.6. The minimum atomic E-state index is 0.240. The molecule has 4 heteroatoms. The zero-order valence-corrected chi connectivity index (χ0v) is 14.5. The van der Waals surface area contributed by atoms with Gasteiger partial charge in [-0.2, -0.15) is 5.26 Å². The summed E-state index contributed by atoms with van der Waals surface area (Å²) in [7, 11) is 1.76. The number of aliphatic imine (C=N–C) groups is 1. The number of benzene rings is 2. The molecular weight excluding hydrogens is 296 g/mol. The van der Waals surface area contributed by atoms with Crippen molar-refractivity contribution in [1.29, 1.82) is 5.26 Å². The summed E-state index contributed by atoms with van der Waals surface area (Å²) in [5.41, 5.74) is 3.03. The van der Waals surface area contributed by atoms with Crippen molar-refractivity contribution in [2.24, 2.45) is 4.99 Å². The number of hydrogen-bond acceptors (Lipinski definition) is 2. The molecule has 0 fully saturated rings. The van der Waals surface area contributed by atoms with Crippen LogP contribution in [0.3, 0.4) is 0 Å². The van der Waals surface area contributed by atoms with E-state index in [0.717, 1.165) is 11.5 Å². The summed E-state index contributed by atoms with van der Waals surface area (Å²) in [5, 5.41) is 15.7. The van der Waals surface area contributed by atoms with E-state index in [1.807, 2.05) is 24.3 Å². The number of hydrogen-bond donors (Lipinski definition) is 2. The van der Waals surface area contributed by atoms with Gasteiger partial charge in [0.2, 0.25) is 0 Å². The smallest absolute Gasteiger partial charge is 0.191 e. The quantitative estimate of drug-likeness (QED) is 0.655. The molecule has 0 spiro atoms. The van der Waals surface area contributed by atoms with Gasteiger partial charge in [0.1, 0.15) is 0 Å². The topological polar surface area (TPSA) is 60.2 Å². The van der Waals surface area contributed by atoms with Gasteiger partial charge >= 0.3 is 0 Å². The van der Waals surface area contributed by atoms with Crippen molar-refractivity contribution < 1.29 is 0 Å². The van der Waals surface area contributed by atoms with Gasteiger partial charge in [0.25, 0.3) is 0 Å². The largest absolute Gasteiger partial charge is 0.353 e. The predicted octanol–water partition coefficient (Wildman–Crippen LogP) is 3.42. The highest BCUT2D eigenvalue weighted by atomic mass is 15.2. The van der Waals surface area contributed by atoms with E-state index in [9.17, 15) is 0 Å². The first kappa shape index (κ1) is 17.6. The normalized spacial score (nSPS) is 13.7. The Morgan fingerprint density at radius 3 is 2.54 bits per heavy atom. The zero-order chi connectivity index (χ0) is 17.4. The third-order valence-corrected chi connectivity index (χ3v) is 4.18. The summed E-state index contributed by atoms with van der Waals surface area (Å²) < 4.78 is 0. The fourth-order valence-corrected chi connectivity index (χ4v) is 2.52. The summed E-state index contributed by atoms with van der Waals surface area (Å²) in [6.45, 7) is 4.99. The summed E-state index contributed by atoms with van der Waals surface area (Å²) in [5.74, 6) is 1.12. The molecule has 2 N–H and O–H groups in total. The Morgan fingerprint density at radius 2 is 1.88 bits per heavy atom. The van der Waals surface area contributed by atoms with Gasteiger partial charge in [-0.25, -0.2) is 0 Å². The summed E-state index contributed by atoms with van der Waals surface area (Å²) in [4.78, 5) is 4.29. The maximum Gasteiger partial charge on any atom is 0.191 e. The molecule has 124 valence electrons. The summed E-state index contributed by atoms with van der Waals surface area (Å²) in [6, 6.07) is 20.4. The van der Waals surface area contributed by atoms with Gasteiger partial charge in [0, 0.05) is 25.6 Å². The molecule has 0 saturated heterocycles. The van der Waals surface area contributed by atoms with Crippen LogP contribution < -0.4 is 10.6 Å². The summed E-state index contributed by atoms with van der Waals surface area (Å²) >= 11 is 0. The molecule has 0 amide bonds. The van der Waals surface area contributed by atoms with Crippen molar-refractivity contribution in [3.63, 3.8) is 0 Å². The lowest BCUT2D eigenvalue weighted by Crippen LogP contribution is -2.43. The van der Waals surface area contributed by atoms with Crippen LogP contribution in [0.15, 0.2) is 59.6 Å². The number of guanidine groups is 1. The maximum atomic E-state index is 8.97. The predicted molar refractivity (Wildman–Crippen MR) is 98.8 cm³/mol. The molecule has 2 atom stereocenters. The van der Waals surface area contributed by atoms with E-state index in [-0.39, 0.29) is 6.04 Å². The highest BCUT2D eigenvalue weighted by Gasteiger charge is 2.15. The molecule has 2 rings (SSSR count). The maximum absolute atomic E-state index is 8.97. The zero-order valence-electron chi connectivity index (χ0n) is 14.5. The minimum Gasteiger partial charge on any atom is -0.353 e. The Bertz CT molecular complexity index is 716. The second-order valence-corrected chi connectivity index (χ2v) is 5.87. The Kier molecular flexibility index (Phi) is 6.39. The van der Waals surface area contributed by atoms with Gasteiger partial charge < -0.3 is 10.6 Å². The van der Waals surface area contributed by atoms with E-state index in [1.54, 1.807) is 13.1 Å². The third-order valence-electron chi connectivity index (χ3n) is 4.18. The molecule has 0 bridgehead atoms. The molecule has 2 unspecified atom stereocenters. The number of nitrogens with zero attached hydrogens (tertiary/aromatic N) is 2. The monoisotopic (exact) mass is 320 g/mol. The highest BCUT2D eigenvalue weighted by Crippen LogP contribution is 2.18. The molecule has 0 radical (unpaired) electrons. The Labute approximate surface area is 144 Å². The van der Waals surface area contributed by atoms with Crippen LogP contribution in [0.2, 0.25) is 0 Å². The molecule has 0 aliphatic carbocycles. The van der Waals surface area contributed by atoms with Crippen LogP contribution in [0.4, 0.5) is 0 Å². The third kappa shape index (κ3) is 4.85. The van der Waals surface area contributed by atoms with E-state index >= 15 is 0 Å². The number of rotatable bonds is 5. The van der Waals surface area contributed by atoms with E-state index in [4.69, 9.17) is 5.26 Å². The number of nitriles is 1. The van der Waals surface area contributed by atoms with Gasteiger partial charge in [-0.1, -0.05) is 49.4 Å². The van der Waals surface area contributed by atoms with Crippen LogP contribution in [0.5, 0.6) is 0 Å². The first-order valence-corrected chi connectivity index (χ1v) is 8.15. The van der Waals surface area contributed by atoms with Gasteiger partial charge in [-0.3, -0.25) is 4.99 Å². The van der Waals surface area contributed by atoms with E-state index in [0.29, 0.717) is 18.0 Å². The molecule has 0 aromatic heterocycles. The SMILES string of the molecule is CN=C(NCc1cccc(C#N)c1)NC(C)C(C)c1ccccc1. The van der Waals surface area contributed by atoms with Crippen molar-refractivity contribution in [3.8, 4) is 6.07 Å². The van der Waals surface area contributed by atoms with E-state index in [2.05, 4.69) is 59.8 Å². The lowest BCUT2D eigenvalue weighted by atomic mass is 9.94. The summed E-state index contributed by atoms with van der Waals surface area (Å²) in [6.07, 6.45) is 0. The molecule has 2 aromatic carbocycles. The molecule has 0 saturated carbocycles. The van der Waals surface area contributed by atoms with Crippen LogP contribution >= 0.6 is 0 Å². The lowest BCUT2D eigenvalue weighted by Gasteiger charge is -2.24. The average Bonchev–Trinajstić information content (AvgIpc) is 2.65. The molecule has 24 heavy (non-hydrogen) atoms. The van der Waals surface area contributed by atoms with E-state index < -0.39 is 0 Å². The second kappa shape index (κ2) is 8.73. The molecule has 0 aliphatic rings.